The van der Waals surface area contributed by atoms with E-state index in [1.807, 2.05) is 30.7 Å². The van der Waals surface area contributed by atoms with E-state index < -0.39 is 0 Å². The Bertz CT molecular complexity index is 504. The Balaban J connectivity index is 2.13. The summed E-state index contributed by atoms with van der Waals surface area (Å²) in [6.07, 6.45) is 5.82. The predicted molar refractivity (Wildman–Crippen MR) is 80.6 cm³/mol. The summed E-state index contributed by atoms with van der Waals surface area (Å²) in [6, 6.07) is 4.71. The summed E-state index contributed by atoms with van der Waals surface area (Å²) in [6.45, 7) is 7.22. The van der Waals surface area contributed by atoms with Gasteiger partial charge in [-0.3, -0.25) is 9.97 Å². The Labute approximate surface area is 119 Å². The van der Waals surface area contributed by atoms with Crippen molar-refractivity contribution in [2.75, 3.05) is 6.54 Å². The van der Waals surface area contributed by atoms with Gasteiger partial charge in [0, 0.05) is 22.4 Å². The summed E-state index contributed by atoms with van der Waals surface area (Å²) in [4.78, 5) is 11.7. The number of rotatable bonds is 6. The lowest BCUT2D eigenvalue weighted by atomic mass is 10.1. The van der Waals surface area contributed by atoms with Gasteiger partial charge in [-0.2, -0.15) is 0 Å². The number of nitrogens with zero attached hydrogens (tertiary/aromatic N) is 2. The molecule has 1 unspecified atom stereocenters. The first-order valence-corrected chi connectivity index (χ1v) is 7.64. The van der Waals surface area contributed by atoms with Gasteiger partial charge in [-0.15, -0.1) is 11.3 Å². The van der Waals surface area contributed by atoms with E-state index in [-0.39, 0.29) is 6.04 Å². The van der Waals surface area contributed by atoms with E-state index in [1.165, 1.54) is 9.75 Å². The molecule has 2 rings (SSSR count). The normalized spacial score (nSPS) is 12.6. The summed E-state index contributed by atoms with van der Waals surface area (Å²) in [5.74, 6) is 0. The molecule has 0 radical (unpaired) electrons. The first-order valence-electron chi connectivity index (χ1n) is 6.82. The maximum atomic E-state index is 4.50. The highest BCUT2D eigenvalue weighted by Crippen LogP contribution is 2.23. The van der Waals surface area contributed by atoms with Gasteiger partial charge >= 0.3 is 0 Å². The van der Waals surface area contributed by atoms with Crippen LogP contribution in [0.15, 0.2) is 24.5 Å². The van der Waals surface area contributed by atoms with E-state index in [0.29, 0.717) is 0 Å². The Kier molecular flexibility index (Phi) is 5.05. The van der Waals surface area contributed by atoms with Crippen LogP contribution in [0.4, 0.5) is 0 Å². The van der Waals surface area contributed by atoms with E-state index in [2.05, 4.69) is 41.3 Å². The van der Waals surface area contributed by atoms with Crippen molar-refractivity contribution in [3.63, 3.8) is 0 Å². The second kappa shape index (κ2) is 6.78. The van der Waals surface area contributed by atoms with Gasteiger partial charge < -0.3 is 5.32 Å². The zero-order chi connectivity index (χ0) is 13.7. The number of hydrogen-bond acceptors (Lipinski definition) is 4. The SMILES string of the molecule is CCNC(Cc1ccc(CC)s1)c1cnc(C)cn1. The van der Waals surface area contributed by atoms with Gasteiger partial charge in [0.2, 0.25) is 0 Å². The minimum atomic E-state index is 0.251. The molecule has 19 heavy (non-hydrogen) atoms. The highest BCUT2D eigenvalue weighted by Gasteiger charge is 2.14. The van der Waals surface area contributed by atoms with Crippen molar-refractivity contribution in [2.45, 2.75) is 39.7 Å². The topological polar surface area (TPSA) is 37.8 Å². The number of nitrogens with one attached hydrogen (secondary N) is 1. The van der Waals surface area contributed by atoms with Crippen LogP contribution < -0.4 is 5.32 Å². The fourth-order valence-corrected chi connectivity index (χ4v) is 3.04. The van der Waals surface area contributed by atoms with E-state index in [1.54, 1.807) is 0 Å². The number of likely N-dealkylation sites (N-methyl/N-ethyl adjacent to an activating group) is 1. The third-order valence-electron chi connectivity index (χ3n) is 3.08. The molecule has 0 saturated carbocycles. The van der Waals surface area contributed by atoms with Crippen molar-refractivity contribution in [2.24, 2.45) is 0 Å². The molecule has 4 heteroatoms. The van der Waals surface area contributed by atoms with E-state index in [9.17, 15) is 0 Å². The Morgan fingerprint density at radius 1 is 1.16 bits per heavy atom. The standard InChI is InChI=1S/C15H21N3S/c1-4-12-6-7-13(19-12)8-14(16-5-2)15-10-17-11(3)9-18-15/h6-7,9-10,14,16H,4-5,8H2,1-3H3. The molecule has 1 atom stereocenters. The molecule has 0 aliphatic carbocycles. The maximum absolute atomic E-state index is 4.50. The third kappa shape index (κ3) is 3.85. The quantitative estimate of drug-likeness (QED) is 0.879. The lowest BCUT2D eigenvalue weighted by molar-refractivity contribution is 0.537. The first kappa shape index (κ1) is 14.2. The number of hydrogen-bond donors (Lipinski definition) is 1. The van der Waals surface area contributed by atoms with Gasteiger partial charge in [0.15, 0.2) is 0 Å². The van der Waals surface area contributed by atoms with E-state index >= 15 is 0 Å². The molecule has 0 aliphatic heterocycles. The molecule has 3 nitrogen and oxygen atoms in total. The van der Waals surface area contributed by atoms with Crippen LogP contribution >= 0.6 is 11.3 Å². The van der Waals surface area contributed by atoms with Crippen molar-refractivity contribution >= 4 is 11.3 Å². The number of aryl methyl sites for hydroxylation is 2. The maximum Gasteiger partial charge on any atom is 0.0759 e. The van der Waals surface area contributed by atoms with E-state index in [0.717, 1.165) is 30.8 Å². The van der Waals surface area contributed by atoms with Gasteiger partial charge in [-0.1, -0.05) is 13.8 Å². The van der Waals surface area contributed by atoms with Crippen molar-refractivity contribution in [3.8, 4) is 0 Å². The molecule has 2 aromatic rings. The monoisotopic (exact) mass is 275 g/mol. The van der Waals surface area contributed by atoms with E-state index in [4.69, 9.17) is 0 Å². The van der Waals surface area contributed by atoms with Crippen molar-refractivity contribution in [1.29, 1.82) is 0 Å². The summed E-state index contributed by atoms with van der Waals surface area (Å²) in [5, 5.41) is 3.50. The molecule has 1 N–H and O–H groups in total. The lowest BCUT2D eigenvalue weighted by Crippen LogP contribution is -2.23. The molecule has 0 fully saturated rings. The molecular formula is C15H21N3S. The van der Waals surface area contributed by atoms with Crippen LogP contribution in [0.5, 0.6) is 0 Å². The number of aromatic nitrogens is 2. The zero-order valence-corrected chi connectivity index (χ0v) is 12.6. The summed E-state index contributed by atoms with van der Waals surface area (Å²) in [5.41, 5.74) is 1.99. The van der Waals surface area contributed by atoms with Gasteiger partial charge in [0.1, 0.15) is 0 Å². The fourth-order valence-electron chi connectivity index (χ4n) is 2.03. The zero-order valence-electron chi connectivity index (χ0n) is 11.8. The van der Waals surface area contributed by atoms with Crippen LogP contribution in [0.25, 0.3) is 0 Å². The second-order valence-electron chi connectivity index (χ2n) is 4.62. The van der Waals surface area contributed by atoms with Crippen LogP contribution in [0.3, 0.4) is 0 Å². The van der Waals surface area contributed by atoms with Crippen molar-refractivity contribution < 1.29 is 0 Å². The molecule has 0 saturated heterocycles. The van der Waals surface area contributed by atoms with Crippen LogP contribution in [-0.4, -0.2) is 16.5 Å². The molecule has 0 aliphatic rings. The number of thiophene rings is 1. The van der Waals surface area contributed by atoms with Crippen LogP contribution in [0, 0.1) is 6.92 Å². The average Bonchev–Trinajstić information content (AvgIpc) is 2.87. The molecule has 0 amide bonds. The highest BCUT2D eigenvalue weighted by molar-refractivity contribution is 7.11. The Hall–Kier alpha value is -1.26. The molecule has 0 spiro atoms. The molecule has 0 bridgehead atoms. The fraction of sp³-hybridized carbons (Fsp3) is 0.467. The van der Waals surface area contributed by atoms with Crippen molar-refractivity contribution in [1.82, 2.24) is 15.3 Å². The molecule has 2 heterocycles. The molecular weight excluding hydrogens is 254 g/mol. The summed E-state index contributed by atoms with van der Waals surface area (Å²) >= 11 is 1.90. The Morgan fingerprint density at radius 2 is 1.95 bits per heavy atom. The third-order valence-corrected chi connectivity index (χ3v) is 4.33. The lowest BCUT2D eigenvalue weighted by Gasteiger charge is -2.16. The highest BCUT2D eigenvalue weighted by atomic mass is 32.1. The van der Waals surface area contributed by atoms with Gasteiger partial charge in [0.25, 0.3) is 0 Å². The average molecular weight is 275 g/mol. The van der Waals surface area contributed by atoms with Gasteiger partial charge in [-0.05, 0) is 32.0 Å². The predicted octanol–water partition coefficient (Wildman–Crippen LogP) is 3.30. The smallest absolute Gasteiger partial charge is 0.0759 e. The minimum Gasteiger partial charge on any atom is -0.309 e. The van der Waals surface area contributed by atoms with Crippen molar-refractivity contribution in [3.05, 3.63) is 45.7 Å². The summed E-state index contributed by atoms with van der Waals surface area (Å²) in [7, 11) is 0. The second-order valence-corrected chi connectivity index (χ2v) is 5.87. The summed E-state index contributed by atoms with van der Waals surface area (Å²) < 4.78 is 0. The first-order chi connectivity index (χ1) is 9.22. The van der Waals surface area contributed by atoms with Crippen LogP contribution in [-0.2, 0) is 12.8 Å². The molecule has 2 aromatic heterocycles. The van der Waals surface area contributed by atoms with Gasteiger partial charge in [-0.25, -0.2) is 0 Å². The van der Waals surface area contributed by atoms with Crippen LogP contribution in [0.2, 0.25) is 0 Å². The van der Waals surface area contributed by atoms with Crippen LogP contribution in [0.1, 0.15) is 41.0 Å². The molecule has 102 valence electrons. The van der Waals surface area contributed by atoms with Gasteiger partial charge in [0.05, 0.1) is 23.6 Å². The Morgan fingerprint density at radius 3 is 2.53 bits per heavy atom. The largest absolute Gasteiger partial charge is 0.309 e. The minimum absolute atomic E-state index is 0.251. The molecule has 0 aromatic carbocycles.